The first-order valence-corrected chi connectivity index (χ1v) is 7.10. The van der Waals surface area contributed by atoms with E-state index < -0.39 is 0 Å². The Hall–Kier alpha value is -1.10. The van der Waals surface area contributed by atoms with Crippen molar-refractivity contribution >= 4 is 5.95 Å². The number of piperidine rings is 1. The average Bonchev–Trinajstić information content (AvgIpc) is 3.00. The standard InChI is InChI=1S/C13H22N4O/c1-2-4-11-15-12(16-18-11)17-8-3-5-13(10-17)6-7-14-9-13/h14H,2-10H2,1H3. The van der Waals surface area contributed by atoms with Crippen LogP contribution in [0.25, 0.3) is 0 Å². The van der Waals surface area contributed by atoms with Crippen LogP contribution in [0.3, 0.4) is 0 Å². The first-order chi connectivity index (χ1) is 8.81. The second-order valence-electron chi connectivity index (χ2n) is 5.69. The lowest BCUT2D eigenvalue weighted by Crippen LogP contribution is -2.45. The fourth-order valence-corrected chi connectivity index (χ4v) is 3.21. The van der Waals surface area contributed by atoms with Gasteiger partial charge in [0.2, 0.25) is 5.89 Å². The monoisotopic (exact) mass is 250 g/mol. The molecule has 0 aromatic carbocycles. The van der Waals surface area contributed by atoms with E-state index in [0.29, 0.717) is 5.41 Å². The Balaban J connectivity index is 1.71. The van der Waals surface area contributed by atoms with Gasteiger partial charge in [0.25, 0.3) is 5.95 Å². The Morgan fingerprint density at radius 2 is 2.39 bits per heavy atom. The molecule has 0 saturated carbocycles. The molecule has 100 valence electrons. The fraction of sp³-hybridized carbons (Fsp3) is 0.846. The minimum atomic E-state index is 0.448. The van der Waals surface area contributed by atoms with Gasteiger partial charge in [-0.1, -0.05) is 6.92 Å². The van der Waals surface area contributed by atoms with Gasteiger partial charge in [-0.15, -0.1) is 0 Å². The zero-order valence-corrected chi connectivity index (χ0v) is 11.1. The van der Waals surface area contributed by atoms with Gasteiger partial charge >= 0.3 is 0 Å². The SMILES string of the molecule is CCCc1nc(N2CCCC3(CCNC3)C2)no1. The molecule has 2 aliphatic heterocycles. The summed E-state index contributed by atoms with van der Waals surface area (Å²) in [7, 11) is 0. The third-order valence-corrected chi connectivity index (χ3v) is 4.20. The summed E-state index contributed by atoms with van der Waals surface area (Å²) < 4.78 is 5.29. The molecule has 0 aliphatic carbocycles. The predicted molar refractivity (Wildman–Crippen MR) is 69.7 cm³/mol. The molecular formula is C13H22N4O. The highest BCUT2D eigenvalue weighted by Gasteiger charge is 2.38. The van der Waals surface area contributed by atoms with Gasteiger partial charge in [0.15, 0.2) is 0 Å². The van der Waals surface area contributed by atoms with Gasteiger partial charge in [0, 0.05) is 31.5 Å². The van der Waals surface area contributed by atoms with Gasteiger partial charge in [0.1, 0.15) is 0 Å². The van der Waals surface area contributed by atoms with Gasteiger partial charge in [-0.25, -0.2) is 0 Å². The lowest BCUT2D eigenvalue weighted by atomic mass is 9.79. The number of aromatic nitrogens is 2. The fourth-order valence-electron chi connectivity index (χ4n) is 3.21. The maximum absolute atomic E-state index is 5.29. The van der Waals surface area contributed by atoms with Crippen LogP contribution >= 0.6 is 0 Å². The Bertz CT molecular complexity index is 397. The summed E-state index contributed by atoms with van der Waals surface area (Å²) in [5.74, 6) is 1.57. The van der Waals surface area contributed by atoms with Crippen LogP contribution in [0, 0.1) is 5.41 Å². The molecular weight excluding hydrogens is 228 g/mol. The second kappa shape index (κ2) is 4.88. The summed E-state index contributed by atoms with van der Waals surface area (Å²) in [6.07, 6.45) is 5.78. The number of anilines is 1. The van der Waals surface area contributed by atoms with Gasteiger partial charge in [-0.3, -0.25) is 0 Å². The summed E-state index contributed by atoms with van der Waals surface area (Å²) in [6, 6.07) is 0. The van der Waals surface area contributed by atoms with Crippen molar-refractivity contribution in [3.05, 3.63) is 5.89 Å². The first-order valence-electron chi connectivity index (χ1n) is 7.10. The van der Waals surface area contributed by atoms with Crippen LogP contribution in [0.1, 0.15) is 38.5 Å². The van der Waals surface area contributed by atoms with E-state index in [-0.39, 0.29) is 0 Å². The summed E-state index contributed by atoms with van der Waals surface area (Å²) in [5.41, 5.74) is 0.448. The van der Waals surface area contributed by atoms with E-state index in [4.69, 9.17) is 4.52 Å². The lowest BCUT2D eigenvalue weighted by molar-refractivity contribution is 0.257. The maximum atomic E-state index is 5.29. The number of hydrogen-bond donors (Lipinski definition) is 1. The highest BCUT2D eigenvalue weighted by molar-refractivity contribution is 5.30. The predicted octanol–water partition coefficient (Wildman–Crippen LogP) is 1.60. The largest absolute Gasteiger partial charge is 0.338 e. The van der Waals surface area contributed by atoms with Crippen LogP contribution in [0.15, 0.2) is 4.52 Å². The molecule has 0 bridgehead atoms. The van der Waals surface area contributed by atoms with Crippen molar-refractivity contribution in [1.82, 2.24) is 15.5 Å². The Morgan fingerprint density at radius 1 is 1.44 bits per heavy atom. The van der Waals surface area contributed by atoms with Crippen LogP contribution in [-0.2, 0) is 6.42 Å². The molecule has 1 spiro atoms. The highest BCUT2D eigenvalue weighted by Crippen LogP contribution is 2.36. The molecule has 3 heterocycles. The molecule has 1 atom stereocenters. The van der Waals surface area contributed by atoms with Crippen molar-refractivity contribution in [2.24, 2.45) is 5.41 Å². The molecule has 1 aromatic rings. The average molecular weight is 250 g/mol. The lowest BCUT2D eigenvalue weighted by Gasteiger charge is -2.39. The van der Waals surface area contributed by atoms with Crippen LogP contribution in [0.4, 0.5) is 5.95 Å². The van der Waals surface area contributed by atoms with Gasteiger partial charge in [0.05, 0.1) is 0 Å². The van der Waals surface area contributed by atoms with Crippen molar-refractivity contribution < 1.29 is 4.52 Å². The van der Waals surface area contributed by atoms with Gasteiger partial charge in [-0.2, -0.15) is 4.98 Å². The van der Waals surface area contributed by atoms with Crippen molar-refractivity contribution in [2.75, 3.05) is 31.1 Å². The summed E-state index contributed by atoms with van der Waals surface area (Å²) in [5, 5.41) is 7.62. The summed E-state index contributed by atoms with van der Waals surface area (Å²) >= 11 is 0. The third kappa shape index (κ3) is 2.23. The van der Waals surface area contributed by atoms with E-state index in [1.54, 1.807) is 0 Å². The molecule has 1 unspecified atom stereocenters. The Labute approximate surface area is 108 Å². The number of hydrogen-bond acceptors (Lipinski definition) is 5. The van der Waals surface area contributed by atoms with E-state index >= 15 is 0 Å². The van der Waals surface area contributed by atoms with Crippen molar-refractivity contribution in [1.29, 1.82) is 0 Å². The molecule has 0 amide bonds. The molecule has 5 nitrogen and oxygen atoms in total. The van der Waals surface area contributed by atoms with E-state index in [9.17, 15) is 0 Å². The zero-order valence-electron chi connectivity index (χ0n) is 11.1. The minimum Gasteiger partial charge on any atom is -0.338 e. The third-order valence-electron chi connectivity index (χ3n) is 4.20. The van der Waals surface area contributed by atoms with Crippen molar-refractivity contribution in [3.8, 4) is 0 Å². The number of nitrogens with zero attached hydrogens (tertiary/aromatic N) is 3. The molecule has 0 radical (unpaired) electrons. The van der Waals surface area contributed by atoms with E-state index in [1.165, 1.54) is 19.3 Å². The molecule has 2 aliphatic rings. The van der Waals surface area contributed by atoms with Crippen molar-refractivity contribution in [2.45, 2.75) is 39.0 Å². The smallest absolute Gasteiger partial charge is 0.266 e. The van der Waals surface area contributed by atoms with E-state index in [1.807, 2.05) is 0 Å². The first kappa shape index (κ1) is 12.0. The molecule has 18 heavy (non-hydrogen) atoms. The van der Waals surface area contributed by atoms with Gasteiger partial charge in [-0.05, 0) is 37.4 Å². The quantitative estimate of drug-likeness (QED) is 0.883. The highest BCUT2D eigenvalue weighted by atomic mass is 16.5. The Kier molecular flexibility index (Phi) is 3.24. The number of nitrogens with one attached hydrogen (secondary N) is 1. The molecule has 1 N–H and O–H groups in total. The summed E-state index contributed by atoms with van der Waals surface area (Å²) in [6.45, 7) is 6.56. The zero-order chi connectivity index (χ0) is 12.4. The molecule has 5 heteroatoms. The molecule has 2 fully saturated rings. The molecule has 2 saturated heterocycles. The number of rotatable bonds is 3. The van der Waals surface area contributed by atoms with Crippen LogP contribution < -0.4 is 10.2 Å². The van der Waals surface area contributed by atoms with Crippen LogP contribution in [0.2, 0.25) is 0 Å². The maximum Gasteiger partial charge on any atom is 0.266 e. The van der Waals surface area contributed by atoms with Crippen LogP contribution in [-0.4, -0.2) is 36.3 Å². The molecule has 1 aromatic heterocycles. The second-order valence-corrected chi connectivity index (χ2v) is 5.69. The molecule has 3 rings (SSSR count). The van der Waals surface area contributed by atoms with Crippen LogP contribution in [0.5, 0.6) is 0 Å². The normalized spacial score (nSPS) is 28.2. The van der Waals surface area contributed by atoms with E-state index in [2.05, 4.69) is 27.3 Å². The van der Waals surface area contributed by atoms with Crippen molar-refractivity contribution in [3.63, 3.8) is 0 Å². The topological polar surface area (TPSA) is 54.2 Å². The number of aryl methyl sites for hydroxylation is 1. The Morgan fingerprint density at radius 3 is 3.17 bits per heavy atom. The van der Waals surface area contributed by atoms with E-state index in [0.717, 1.165) is 50.9 Å². The van der Waals surface area contributed by atoms with Gasteiger partial charge < -0.3 is 14.7 Å². The minimum absolute atomic E-state index is 0.448. The summed E-state index contributed by atoms with van der Waals surface area (Å²) in [4.78, 5) is 6.81.